The maximum absolute atomic E-state index is 12.7. The molecule has 3 aromatic rings. The summed E-state index contributed by atoms with van der Waals surface area (Å²) in [7, 11) is 0. The quantitative estimate of drug-likeness (QED) is 0.733. The molecule has 5 heteroatoms. The minimum atomic E-state index is -0.0423. The van der Waals surface area contributed by atoms with Gasteiger partial charge in [0.1, 0.15) is 0 Å². The van der Waals surface area contributed by atoms with Crippen LogP contribution in [0, 0.1) is 12.8 Å². The van der Waals surface area contributed by atoms with E-state index >= 15 is 0 Å². The van der Waals surface area contributed by atoms with E-state index < -0.39 is 0 Å². The first-order valence-electron chi connectivity index (χ1n) is 8.74. The molecular weight excluding hydrogens is 314 g/mol. The van der Waals surface area contributed by atoms with Gasteiger partial charge in [-0.1, -0.05) is 18.2 Å². The van der Waals surface area contributed by atoms with Gasteiger partial charge in [-0.15, -0.1) is 0 Å². The summed E-state index contributed by atoms with van der Waals surface area (Å²) in [6.07, 6.45) is 6.28. The molecule has 5 nitrogen and oxygen atoms in total. The van der Waals surface area contributed by atoms with Crippen LogP contribution in [0.15, 0.2) is 47.3 Å². The number of rotatable bonds is 3. The summed E-state index contributed by atoms with van der Waals surface area (Å²) < 4.78 is 5.28. The molecule has 1 aromatic carbocycles. The van der Waals surface area contributed by atoms with E-state index in [1.807, 2.05) is 23.2 Å². The lowest BCUT2D eigenvalue weighted by Gasteiger charge is -2.32. The maximum atomic E-state index is 12.7. The molecular formula is C20H21N3O2. The highest BCUT2D eigenvalue weighted by molar-refractivity contribution is 5.92. The third-order valence-corrected chi connectivity index (χ3v) is 4.99. The minimum Gasteiger partial charge on any atom is -0.438 e. The van der Waals surface area contributed by atoms with Gasteiger partial charge in [0.15, 0.2) is 6.39 Å². The van der Waals surface area contributed by atoms with Gasteiger partial charge in [0, 0.05) is 24.7 Å². The summed E-state index contributed by atoms with van der Waals surface area (Å²) in [4.78, 5) is 23.1. The van der Waals surface area contributed by atoms with Crippen molar-refractivity contribution in [1.29, 1.82) is 0 Å². The van der Waals surface area contributed by atoms with Crippen LogP contribution in [0.5, 0.6) is 0 Å². The Morgan fingerprint density at radius 3 is 3.04 bits per heavy atom. The van der Waals surface area contributed by atoms with Crippen molar-refractivity contribution in [3.8, 4) is 0 Å². The van der Waals surface area contributed by atoms with Gasteiger partial charge in [-0.2, -0.15) is 0 Å². The Morgan fingerprint density at radius 1 is 1.28 bits per heavy atom. The van der Waals surface area contributed by atoms with E-state index in [0.29, 0.717) is 17.4 Å². The number of aromatic nitrogens is 2. The Labute approximate surface area is 146 Å². The van der Waals surface area contributed by atoms with Crippen LogP contribution in [0.25, 0.3) is 10.9 Å². The second-order valence-corrected chi connectivity index (χ2v) is 6.72. The van der Waals surface area contributed by atoms with Gasteiger partial charge in [0.2, 0.25) is 5.76 Å². The van der Waals surface area contributed by atoms with Crippen molar-refractivity contribution in [3.05, 3.63) is 59.9 Å². The highest BCUT2D eigenvalue weighted by Crippen LogP contribution is 2.26. The van der Waals surface area contributed by atoms with Gasteiger partial charge in [-0.25, -0.2) is 4.98 Å². The Bertz CT molecular complexity index is 897. The van der Waals surface area contributed by atoms with Crippen molar-refractivity contribution in [1.82, 2.24) is 14.9 Å². The largest absolute Gasteiger partial charge is 0.438 e. The molecule has 1 atom stereocenters. The Balaban J connectivity index is 1.52. The summed E-state index contributed by atoms with van der Waals surface area (Å²) in [5.41, 5.74) is 2.99. The first kappa shape index (κ1) is 15.8. The van der Waals surface area contributed by atoms with Crippen molar-refractivity contribution in [3.63, 3.8) is 0 Å². The Hall–Kier alpha value is -2.69. The normalized spacial score (nSPS) is 17.8. The minimum absolute atomic E-state index is 0.0423. The molecule has 1 fully saturated rings. The molecule has 4 rings (SSSR count). The number of hydrogen-bond donors (Lipinski definition) is 0. The molecule has 1 saturated heterocycles. The average molecular weight is 335 g/mol. The smallest absolute Gasteiger partial charge is 0.291 e. The predicted molar refractivity (Wildman–Crippen MR) is 95.3 cm³/mol. The molecule has 0 N–H and O–H groups in total. The lowest BCUT2D eigenvalue weighted by molar-refractivity contribution is 0.0640. The number of nitrogens with zero attached hydrogens (tertiary/aromatic N) is 3. The first-order valence-corrected chi connectivity index (χ1v) is 8.74. The number of likely N-dealkylation sites (tertiary alicyclic amines) is 1. The number of oxazole rings is 1. The summed E-state index contributed by atoms with van der Waals surface area (Å²) >= 11 is 0. The fraction of sp³-hybridized carbons (Fsp3) is 0.350. The van der Waals surface area contributed by atoms with E-state index in [4.69, 9.17) is 4.42 Å². The number of pyridine rings is 1. The lowest BCUT2D eigenvalue weighted by atomic mass is 9.89. The zero-order valence-electron chi connectivity index (χ0n) is 14.3. The molecule has 1 unspecified atom stereocenters. The van der Waals surface area contributed by atoms with Crippen molar-refractivity contribution < 1.29 is 9.21 Å². The van der Waals surface area contributed by atoms with E-state index in [2.05, 4.69) is 28.2 Å². The van der Waals surface area contributed by atoms with E-state index in [-0.39, 0.29) is 5.91 Å². The lowest BCUT2D eigenvalue weighted by Crippen LogP contribution is -2.40. The van der Waals surface area contributed by atoms with E-state index in [1.165, 1.54) is 17.3 Å². The number of carbonyl (C=O) groups is 1. The fourth-order valence-corrected chi connectivity index (χ4v) is 3.72. The third-order valence-electron chi connectivity index (χ3n) is 4.99. The van der Waals surface area contributed by atoms with Crippen LogP contribution in [-0.4, -0.2) is 33.9 Å². The first-order chi connectivity index (χ1) is 12.2. The molecule has 128 valence electrons. The molecule has 0 spiro atoms. The van der Waals surface area contributed by atoms with Crippen LogP contribution in [0.1, 0.15) is 34.7 Å². The van der Waals surface area contributed by atoms with Crippen LogP contribution in [0.4, 0.5) is 0 Å². The second-order valence-electron chi connectivity index (χ2n) is 6.72. The van der Waals surface area contributed by atoms with E-state index in [1.54, 1.807) is 6.92 Å². The van der Waals surface area contributed by atoms with Crippen molar-refractivity contribution in [2.24, 2.45) is 5.92 Å². The number of fused-ring (bicyclic) bond motifs is 1. The van der Waals surface area contributed by atoms with Crippen LogP contribution in [0.2, 0.25) is 0 Å². The molecule has 25 heavy (non-hydrogen) atoms. The van der Waals surface area contributed by atoms with Crippen LogP contribution in [0.3, 0.4) is 0 Å². The summed E-state index contributed by atoms with van der Waals surface area (Å²) in [5, 5.41) is 1.21. The molecule has 0 radical (unpaired) electrons. The zero-order chi connectivity index (χ0) is 17.2. The van der Waals surface area contributed by atoms with Gasteiger partial charge in [0.05, 0.1) is 11.2 Å². The molecule has 1 aliphatic heterocycles. The number of aryl methyl sites for hydroxylation is 1. The zero-order valence-corrected chi connectivity index (χ0v) is 14.3. The van der Waals surface area contributed by atoms with Crippen molar-refractivity contribution in [2.75, 3.05) is 13.1 Å². The third kappa shape index (κ3) is 3.14. The summed E-state index contributed by atoms with van der Waals surface area (Å²) in [6.45, 7) is 3.35. The highest BCUT2D eigenvalue weighted by atomic mass is 16.3. The predicted octanol–water partition coefficient (Wildman–Crippen LogP) is 3.63. The molecule has 0 saturated carbocycles. The molecule has 3 heterocycles. The van der Waals surface area contributed by atoms with Crippen LogP contribution in [-0.2, 0) is 6.42 Å². The van der Waals surface area contributed by atoms with Crippen LogP contribution >= 0.6 is 0 Å². The number of hydrogen-bond acceptors (Lipinski definition) is 4. The van der Waals surface area contributed by atoms with Crippen LogP contribution < -0.4 is 0 Å². The van der Waals surface area contributed by atoms with Gasteiger partial charge < -0.3 is 9.32 Å². The molecule has 0 aliphatic carbocycles. The molecule has 2 aromatic heterocycles. The van der Waals surface area contributed by atoms with Crippen molar-refractivity contribution >= 4 is 16.8 Å². The standard InChI is InChI=1S/C20H21N3O2/c1-14-19(25-13-22-14)20(24)23-10-4-5-15(12-23)11-16-6-2-8-18-17(16)7-3-9-21-18/h2-3,6-9,13,15H,4-5,10-12H2,1H3. The monoisotopic (exact) mass is 335 g/mol. The van der Waals surface area contributed by atoms with Gasteiger partial charge in [-0.3, -0.25) is 9.78 Å². The highest BCUT2D eigenvalue weighted by Gasteiger charge is 2.27. The Kier molecular flexibility index (Phi) is 4.22. The average Bonchev–Trinajstić information content (AvgIpc) is 3.08. The summed E-state index contributed by atoms with van der Waals surface area (Å²) in [6, 6.07) is 10.4. The molecule has 0 bridgehead atoms. The number of amides is 1. The number of benzene rings is 1. The molecule has 1 amide bonds. The van der Waals surface area contributed by atoms with Gasteiger partial charge in [0.25, 0.3) is 5.91 Å². The second kappa shape index (κ2) is 6.67. The van der Waals surface area contributed by atoms with E-state index in [9.17, 15) is 4.79 Å². The van der Waals surface area contributed by atoms with Gasteiger partial charge >= 0.3 is 0 Å². The number of carbonyl (C=O) groups excluding carboxylic acids is 1. The van der Waals surface area contributed by atoms with Gasteiger partial charge in [-0.05, 0) is 49.8 Å². The Morgan fingerprint density at radius 2 is 2.20 bits per heavy atom. The maximum Gasteiger partial charge on any atom is 0.291 e. The summed E-state index contributed by atoms with van der Waals surface area (Å²) in [5.74, 6) is 0.779. The molecule has 1 aliphatic rings. The number of piperidine rings is 1. The van der Waals surface area contributed by atoms with Crippen molar-refractivity contribution in [2.45, 2.75) is 26.2 Å². The fourth-order valence-electron chi connectivity index (χ4n) is 3.72. The topological polar surface area (TPSA) is 59.2 Å². The van der Waals surface area contributed by atoms with E-state index in [0.717, 1.165) is 37.9 Å². The SMILES string of the molecule is Cc1ncoc1C(=O)N1CCCC(Cc2cccc3ncccc23)C1.